The number of cyclic esters (lactones) is 1. The number of hydrogen-bond donors (Lipinski definition) is 5. The van der Waals surface area contributed by atoms with E-state index in [1.54, 1.807) is 63.0 Å². The van der Waals surface area contributed by atoms with Crippen LogP contribution in [-0.2, 0) is 19.0 Å². The fraction of sp³-hybridized carbons (Fsp3) is 0.758. The Bertz CT molecular complexity index is 1000. The fourth-order valence-corrected chi connectivity index (χ4v) is 5.47. The van der Waals surface area contributed by atoms with Crippen molar-refractivity contribution >= 4 is 12.1 Å². The van der Waals surface area contributed by atoms with E-state index in [1.165, 1.54) is 0 Å². The molecule has 252 valence electrons. The molecular formula is C33H56N2O9. The van der Waals surface area contributed by atoms with E-state index in [2.05, 4.69) is 5.32 Å². The fourth-order valence-electron chi connectivity index (χ4n) is 5.47. The predicted molar refractivity (Wildman–Crippen MR) is 168 cm³/mol. The van der Waals surface area contributed by atoms with Crippen LogP contribution in [0.3, 0.4) is 0 Å². The molecule has 2 aliphatic heterocycles. The van der Waals surface area contributed by atoms with Crippen LogP contribution in [0, 0.1) is 5.92 Å². The first-order chi connectivity index (χ1) is 20.5. The largest absolute Gasteiger partial charge is 0.457 e. The second kappa shape index (κ2) is 17.4. The Balaban J connectivity index is 2.23. The number of esters is 1. The van der Waals surface area contributed by atoms with Crippen molar-refractivity contribution in [2.45, 2.75) is 128 Å². The molecule has 11 heteroatoms. The second-order valence-corrected chi connectivity index (χ2v) is 12.9. The molecule has 9 atom stereocenters. The van der Waals surface area contributed by atoms with Gasteiger partial charge in [-0.2, -0.15) is 0 Å². The van der Waals surface area contributed by atoms with Crippen LogP contribution in [0.5, 0.6) is 0 Å². The van der Waals surface area contributed by atoms with Gasteiger partial charge in [-0.1, -0.05) is 38.2 Å². The van der Waals surface area contributed by atoms with Crippen LogP contribution in [0.15, 0.2) is 36.0 Å². The second-order valence-electron chi connectivity index (χ2n) is 12.9. The van der Waals surface area contributed by atoms with Gasteiger partial charge in [0.1, 0.15) is 11.7 Å². The van der Waals surface area contributed by atoms with E-state index < -0.39 is 47.7 Å². The van der Waals surface area contributed by atoms with Gasteiger partial charge >= 0.3 is 12.1 Å². The van der Waals surface area contributed by atoms with Gasteiger partial charge in [0.2, 0.25) is 0 Å². The lowest BCUT2D eigenvalue weighted by Crippen LogP contribution is -2.50. The summed E-state index contributed by atoms with van der Waals surface area (Å²) in [4.78, 5) is 27.3. The van der Waals surface area contributed by atoms with E-state index in [-0.39, 0.29) is 37.4 Å². The highest BCUT2D eigenvalue weighted by Crippen LogP contribution is 2.27. The van der Waals surface area contributed by atoms with Gasteiger partial charge in [-0.3, -0.25) is 4.79 Å². The number of nitrogens with one attached hydrogen (secondary N) is 1. The van der Waals surface area contributed by atoms with Crippen LogP contribution >= 0.6 is 0 Å². The SMILES string of the molecule is CC[C@H](O)C(C)O[C@@H](C)C[C@@](C)(O)/C=C/C=C(\C)[C@H]1OC(=O)C[C@H](O)CC[C@@](C)(O)[C@@H](OC(=O)N2CCNCC2)/C=C/[C@@H]1C. The Kier molecular flexibility index (Phi) is 15.0. The van der Waals surface area contributed by atoms with Crippen molar-refractivity contribution in [1.29, 1.82) is 0 Å². The zero-order chi connectivity index (χ0) is 33.1. The van der Waals surface area contributed by atoms with Crippen molar-refractivity contribution in [3.8, 4) is 0 Å². The number of piperazine rings is 1. The van der Waals surface area contributed by atoms with Crippen molar-refractivity contribution in [3.63, 3.8) is 0 Å². The molecule has 0 aromatic rings. The maximum atomic E-state index is 12.9. The molecule has 0 spiro atoms. The summed E-state index contributed by atoms with van der Waals surface area (Å²) in [6.07, 6.45) is 4.87. The van der Waals surface area contributed by atoms with Gasteiger partial charge in [0.15, 0.2) is 6.10 Å². The van der Waals surface area contributed by atoms with Crippen molar-refractivity contribution in [2.75, 3.05) is 26.2 Å². The van der Waals surface area contributed by atoms with E-state index in [9.17, 15) is 30.0 Å². The molecule has 0 radical (unpaired) electrons. The highest BCUT2D eigenvalue weighted by molar-refractivity contribution is 5.70. The molecule has 1 fully saturated rings. The first-order valence-corrected chi connectivity index (χ1v) is 15.9. The summed E-state index contributed by atoms with van der Waals surface area (Å²) in [5.41, 5.74) is -1.98. The van der Waals surface area contributed by atoms with Crippen LogP contribution in [0.4, 0.5) is 4.79 Å². The van der Waals surface area contributed by atoms with Gasteiger partial charge in [0, 0.05) is 38.5 Å². The number of carbonyl (C=O) groups is 2. The lowest BCUT2D eigenvalue weighted by molar-refractivity contribution is -0.151. The molecule has 2 rings (SSSR count). The minimum absolute atomic E-state index is 0.106. The Morgan fingerprint density at radius 2 is 1.95 bits per heavy atom. The van der Waals surface area contributed by atoms with Gasteiger partial charge < -0.3 is 44.9 Å². The molecule has 0 bridgehead atoms. The average Bonchev–Trinajstić information content (AvgIpc) is 2.95. The normalized spacial score (nSPS) is 32.0. The van der Waals surface area contributed by atoms with Gasteiger partial charge in [0.25, 0.3) is 0 Å². The number of aliphatic hydroxyl groups is 4. The molecule has 5 N–H and O–H groups in total. The quantitative estimate of drug-likeness (QED) is 0.139. The average molecular weight is 625 g/mol. The number of allylic oxidation sites excluding steroid dienone is 2. The van der Waals surface area contributed by atoms with Crippen LogP contribution < -0.4 is 5.32 Å². The first kappa shape index (κ1) is 37.9. The van der Waals surface area contributed by atoms with Crippen molar-refractivity contribution in [3.05, 3.63) is 36.0 Å². The van der Waals surface area contributed by atoms with Gasteiger partial charge in [-0.05, 0) is 65.5 Å². The summed E-state index contributed by atoms with van der Waals surface area (Å²) < 4.78 is 17.4. The van der Waals surface area contributed by atoms with Crippen LogP contribution in [-0.4, -0.2) is 111 Å². The lowest BCUT2D eigenvalue weighted by Gasteiger charge is -2.35. The maximum absolute atomic E-state index is 12.9. The molecule has 0 saturated carbocycles. The molecule has 0 aromatic heterocycles. The minimum Gasteiger partial charge on any atom is -0.457 e. The third kappa shape index (κ3) is 12.6. The summed E-state index contributed by atoms with van der Waals surface area (Å²) in [5, 5.41) is 45.9. The van der Waals surface area contributed by atoms with Gasteiger partial charge in [-0.15, -0.1) is 0 Å². The number of nitrogens with zero attached hydrogens (tertiary/aromatic N) is 1. The van der Waals surface area contributed by atoms with E-state index in [1.807, 2.05) is 20.8 Å². The summed E-state index contributed by atoms with van der Waals surface area (Å²) in [7, 11) is 0. The number of carbonyl (C=O) groups excluding carboxylic acids is 2. The number of amides is 1. The Morgan fingerprint density at radius 1 is 1.30 bits per heavy atom. The zero-order valence-electron chi connectivity index (χ0n) is 27.6. The van der Waals surface area contributed by atoms with E-state index in [4.69, 9.17) is 14.2 Å². The highest BCUT2D eigenvalue weighted by atomic mass is 16.6. The predicted octanol–water partition coefficient (Wildman–Crippen LogP) is 3.00. The van der Waals surface area contributed by atoms with E-state index in [0.717, 1.165) is 0 Å². The third-order valence-corrected chi connectivity index (χ3v) is 8.30. The van der Waals surface area contributed by atoms with E-state index >= 15 is 0 Å². The maximum Gasteiger partial charge on any atom is 0.410 e. The standard InChI is InChI=1S/C33H56N2O9/c1-8-27(37)25(5)42-24(4)21-32(6,40)14-9-10-22(2)30-23(3)11-12-28(43-31(39)35-18-16-34-17-19-35)33(7,41)15-13-26(36)20-29(38)44-30/h9-12,14,23-28,30,34,36-37,40-41H,8,13,15-21H2,1-7H3/b12-11+,14-9+,22-10+/t23-,24-,25?,26+,27-,28-,30+,32-,33+/m0/s1. The summed E-state index contributed by atoms with van der Waals surface area (Å²) >= 11 is 0. The summed E-state index contributed by atoms with van der Waals surface area (Å²) in [6.45, 7) is 14.7. The highest BCUT2D eigenvalue weighted by Gasteiger charge is 2.36. The molecule has 2 aliphatic rings. The molecule has 11 nitrogen and oxygen atoms in total. The Hall–Kier alpha value is -2.28. The summed E-state index contributed by atoms with van der Waals surface area (Å²) in [5.74, 6) is -0.945. The van der Waals surface area contributed by atoms with E-state index in [0.29, 0.717) is 44.6 Å². The number of rotatable bonds is 10. The van der Waals surface area contributed by atoms with Crippen molar-refractivity contribution < 1.29 is 44.2 Å². The first-order valence-electron chi connectivity index (χ1n) is 15.9. The van der Waals surface area contributed by atoms with Gasteiger partial charge in [-0.25, -0.2) is 4.79 Å². The molecule has 1 saturated heterocycles. The number of hydrogen-bond acceptors (Lipinski definition) is 10. The molecule has 2 heterocycles. The van der Waals surface area contributed by atoms with Crippen LogP contribution in [0.25, 0.3) is 0 Å². The molecule has 1 amide bonds. The minimum atomic E-state index is -1.48. The molecule has 1 unspecified atom stereocenters. The third-order valence-electron chi connectivity index (χ3n) is 8.30. The topological polar surface area (TPSA) is 158 Å². The summed E-state index contributed by atoms with van der Waals surface area (Å²) in [6, 6.07) is 0. The van der Waals surface area contributed by atoms with Crippen molar-refractivity contribution in [2.24, 2.45) is 5.92 Å². The molecule has 0 aromatic carbocycles. The number of aliphatic hydroxyl groups excluding tert-OH is 2. The zero-order valence-corrected chi connectivity index (χ0v) is 27.6. The monoisotopic (exact) mass is 624 g/mol. The molecular weight excluding hydrogens is 568 g/mol. The van der Waals surface area contributed by atoms with Crippen LogP contribution in [0.1, 0.15) is 80.6 Å². The molecule has 44 heavy (non-hydrogen) atoms. The van der Waals surface area contributed by atoms with Crippen molar-refractivity contribution in [1.82, 2.24) is 10.2 Å². The number of ether oxygens (including phenoxy) is 3. The Morgan fingerprint density at radius 3 is 2.59 bits per heavy atom. The van der Waals surface area contributed by atoms with Crippen LogP contribution in [0.2, 0.25) is 0 Å². The lowest BCUT2D eigenvalue weighted by atomic mass is 9.88. The Labute approximate surface area is 262 Å². The van der Waals surface area contributed by atoms with Gasteiger partial charge in [0.05, 0.1) is 36.4 Å². The smallest absolute Gasteiger partial charge is 0.410 e. The molecule has 0 aliphatic carbocycles.